The number of aromatic carboxylic acids is 1. The molecule has 2 aromatic heterocycles. The summed E-state index contributed by atoms with van der Waals surface area (Å²) in [6, 6.07) is 25.2. The number of aromatic nitrogens is 2. The maximum atomic E-state index is 11.6. The van der Waals surface area contributed by atoms with E-state index in [1.807, 2.05) is 48.7 Å². The van der Waals surface area contributed by atoms with Crippen molar-refractivity contribution in [2.75, 3.05) is 18.4 Å². The smallest absolute Gasteiger partial charge is 0.335 e. The summed E-state index contributed by atoms with van der Waals surface area (Å²) in [6.07, 6.45) is 2.71. The first-order valence-corrected chi connectivity index (χ1v) is 13.1. The van der Waals surface area contributed by atoms with Crippen molar-refractivity contribution in [2.24, 2.45) is 0 Å². The molecule has 194 valence electrons. The molecule has 1 aliphatic heterocycles. The predicted molar refractivity (Wildman–Crippen MR) is 154 cm³/mol. The molecule has 3 heterocycles. The number of nitrogens with zero attached hydrogens (tertiary/aromatic N) is 3. The van der Waals surface area contributed by atoms with E-state index in [0.29, 0.717) is 5.11 Å². The molecule has 0 saturated carbocycles. The number of rotatable bonds is 9. The first kappa shape index (κ1) is 25.5. The highest BCUT2D eigenvalue weighted by molar-refractivity contribution is 7.80. The van der Waals surface area contributed by atoms with Gasteiger partial charge < -0.3 is 25.2 Å². The highest BCUT2D eigenvalue weighted by Gasteiger charge is 2.41. The number of nitrogens with one attached hydrogen (secondary N) is 2. The molecule has 38 heavy (non-hydrogen) atoms. The minimum atomic E-state index is -0.939. The molecule has 5 rings (SSSR count). The Morgan fingerprint density at radius 2 is 1.84 bits per heavy atom. The van der Waals surface area contributed by atoms with Gasteiger partial charge in [-0.2, -0.15) is 0 Å². The van der Waals surface area contributed by atoms with Crippen molar-refractivity contribution in [2.45, 2.75) is 32.4 Å². The minimum Gasteiger partial charge on any atom is -0.478 e. The van der Waals surface area contributed by atoms with Gasteiger partial charge in [-0.25, -0.2) is 4.79 Å². The molecule has 2 atom stereocenters. The van der Waals surface area contributed by atoms with Crippen LogP contribution in [0.1, 0.15) is 51.5 Å². The molecule has 2 aromatic carbocycles. The average Bonchev–Trinajstić information content (AvgIpc) is 3.42. The van der Waals surface area contributed by atoms with Crippen LogP contribution in [0.2, 0.25) is 0 Å². The number of hydrogen-bond acceptors (Lipinski definition) is 4. The number of para-hydroxylation sites is 1. The first-order valence-electron chi connectivity index (χ1n) is 12.7. The fourth-order valence-electron chi connectivity index (χ4n) is 5.29. The van der Waals surface area contributed by atoms with Gasteiger partial charge in [0.1, 0.15) is 0 Å². The second-order valence-electron chi connectivity index (χ2n) is 9.48. The highest BCUT2D eigenvalue weighted by Crippen LogP contribution is 2.41. The summed E-state index contributed by atoms with van der Waals surface area (Å²) in [7, 11) is 0. The lowest BCUT2D eigenvalue weighted by Gasteiger charge is -2.28. The van der Waals surface area contributed by atoms with Crippen molar-refractivity contribution in [1.82, 2.24) is 19.8 Å². The number of anilines is 1. The molecule has 0 spiro atoms. The summed E-state index contributed by atoms with van der Waals surface area (Å²) in [5.41, 5.74) is 6.35. The topological polar surface area (TPSA) is 82.4 Å². The number of thiocarbonyl (C=S) groups is 1. The largest absolute Gasteiger partial charge is 0.478 e. The average molecular weight is 526 g/mol. The summed E-state index contributed by atoms with van der Waals surface area (Å²) >= 11 is 5.85. The van der Waals surface area contributed by atoms with Crippen molar-refractivity contribution in [3.8, 4) is 5.69 Å². The van der Waals surface area contributed by atoms with Gasteiger partial charge in [-0.1, -0.05) is 30.3 Å². The summed E-state index contributed by atoms with van der Waals surface area (Å²) in [5, 5.41) is 17.3. The van der Waals surface area contributed by atoms with Crippen LogP contribution >= 0.6 is 12.2 Å². The third-order valence-electron chi connectivity index (χ3n) is 7.02. The van der Waals surface area contributed by atoms with Crippen molar-refractivity contribution in [3.05, 3.63) is 113 Å². The molecule has 0 amide bonds. The van der Waals surface area contributed by atoms with Crippen LogP contribution in [0.25, 0.3) is 5.69 Å². The van der Waals surface area contributed by atoms with E-state index in [2.05, 4.69) is 57.1 Å². The van der Waals surface area contributed by atoms with Crippen LogP contribution in [-0.4, -0.2) is 43.7 Å². The maximum Gasteiger partial charge on any atom is 0.335 e. The lowest BCUT2D eigenvalue weighted by molar-refractivity contribution is 0.0697. The van der Waals surface area contributed by atoms with Crippen LogP contribution in [0.3, 0.4) is 0 Å². The monoisotopic (exact) mass is 525 g/mol. The number of aryl methyl sites for hydroxylation is 1. The molecule has 0 bridgehead atoms. The predicted octanol–water partition coefficient (Wildman–Crippen LogP) is 5.66. The Morgan fingerprint density at radius 1 is 1.05 bits per heavy atom. The van der Waals surface area contributed by atoms with Crippen LogP contribution in [0.15, 0.2) is 85.1 Å². The fourth-order valence-corrected chi connectivity index (χ4v) is 5.62. The van der Waals surface area contributed by atoms with Crippen molar-refractivity contribution in [3.63, 3.8) is 0 Å². The van der Waals surface area contributed by atoms with Gasteiger partial charge in [0.05, 0.1) is 23.3 Å². The van der Waals surface area contributed by atoms with Gasteiger partial charge >= 0.3 is 5.97 Å². The van der Waals surface area contributed by atoms with Gasteiger partial charge in [0, 0.05) is 42.0 Å². The van der Waals surface area contributed by atoms with E-state index >= 15 is 0 Å². The lowest BCUT2D eigenvalue weighted by atomic mass is 9.96. The summed E-state index contributed by atoms with van der Waals surface area (Å²) in [6.45, 7) is 5.74. The number of carbonyl (C=O) groups is 1. The van der Waals surface area contributed by atoms with E-state index in [1.54, 1.807) is 18.2 Å². The van der Waals surface area contributed by atoms with E-state index in [9.17, 15) is 9.90 Å². The van der Waals surface area contributed by atoms with Crippen LogP contribution in [-0.2, 0) is 0 Å². The maximum absolute atomic E-state index is 11.6. The molecule has 8 heteroatoms. The van der Waals surface area contributed by atoms with Crippen molar-refractivity contribution < 1.29 is 9.90 Å². The van der Waals surface area contributed by atoms with E-state index in [4.69, 9.17) is 12.2 Å². The Bertz CT molecular complexity index is 1440. The molecule has 0 aliphatic carbocycles. The second-order valence-corrected chi connectivity index (χ2v) is 9.87. The van der Waals surface area contributed by atoms with Gasteiger partial charge in [-0.3, -0.25) is 4.98 Å². The van der Waals surface area contributed by atoms with Crippen LogP contribution in [0, 0.1) is 13.8 Å². The Morgan fingerprint density at radius 3 is 2.58 bits per heavy atom. The molecule has 3 N–H and O–H groups in total. The standard InChI is InChI=1S/C30H31N5O2S/c1-20-18-25(21(2)35(20)24-13-8-10-22(19-24)29(36)37)28-27(26-14-6-7-15-32-26)33-30(38)34(28)17-9-16-31-23-11-4-3-5-12-23/h3-8,10-15,18-19,27-28,31H,9,16-17H2,1-2H3,(H,33,38)(H,36,37)/t27-,28+/m1/s1. The van der Waals surface area contributed by atoms with Crippen molar-refractivity contribution >= 4 is 29.0 Å². The Labute approximate surface area is 228 Å². The zero-order valence-electron chi connectivity index (χ0n) is 21.5. The van der Waals surface area contributed by atoms with Crippen LogP contribution < -0.4 is 10.6 Å². The fraction of sp³-hybridized carbons (Fsp3) is 0.233. The number of hydrogen-bond donors (Lipinski definition) is 3. The van der Waals surface area contributed by atoms with E-state index < -0.39 is 5.97 Å². The molecule has 0 radical (unpaired) electrons. The summed E-state index contributed by atoms with van der Waals surface area (Å²) in [5.74, 6) is -0.939. The van der Waals surface area contributed by atoms with Crippen molar-refractivity contribution in [1.29, 1.82) is 0 Å². The van der Waals surface area contributed by atoms with Crippen LogP contribution in [0.5, 0.6) is 0 Å². The zero-order chi connectivity index (χ0) is 26.6. The quantitative estimate of drug-likeness (QED) is 0.192. The lowest BCUT2D eigenvalue weighted by Crippen LogP contribution is -2.31. The molecule has 4 aromatic rings. The molecule has 1 saturated heterocycles. The van der Waals surface area contributed by atoms with Gasteiger partial charge in [-0.05, 0) is 86.6 Å². The third kappa shape index (κ3) is 5.13. The zero-order valence-corrected chi connectivity index (χ0v) is 22.3. The molecule has 1 fully saturated rings. The minimum absolute atomic E-state index is 0.0586. The first-order chi connectivity index (χ1) is 18.4. The molecule has 1 aliphatic rings. The van der Waals surface area contributed by atoms with Gasteiger partial charge in [0.15, 0.2) is 5.11 Å². The molecular weight excluding hydrogens is 494 g/mol. The Balaban J connectivity index is 1.47. The van der Waals surface area contributed by atoms with Gasteiger partial charge in [0.2, 0.25) is 0 Å². The molecular formula is C30H31N5O2S. The summed E-state index contributed by atoms with van der Waals surface area (Å²) in [4.78, 5) is 18.5. The Hall–Kier alpha value is -4.17. The number of benzene rings is 2. The number of pyridine rings is 1. The second kappa shape index (κ2) is 11.1. The van der Waals surface area contributed by atoms with E-state index in [1.165, 1.54) is 0 Å². The SMILES string of the molecule is Cc1cc([C@H]2[C@@H](c3ccccn3)NC(=S)N2CCCNc2ccccc2)c(C)n1-c1cccc(C(=O)O)c1. The summed E-state index contributed by atoms with van der Waals surface area (Å²) < 4.78 is 2.12. The number of carboxylic acid groups (broad SMARTS) is 1. The van der Waals surface area contributed by atoms with E-state index in [-0.39, 0.29) is 17.6 Å². The highest BCUT2D eigenvalue weighted by atomic mass is 32.1. The number of carboxylic acids is 1. The Kier molecular flexibility index (Phi) is 7.42. The van der Waals surface area contributed by atoms with E-state index in [0.717, 1.165) is 53.5 Å². The molecule has 0 unspecified atom stereocenters. The van der Waals surface area contributed by atoms with Crippen LogP contribution in [0.4, 0.5) is 5.69 Å². The molecule has 7 nitrogen and oxygen atoms in total. The normalized spacial score (nSPS) is 16.9. The van der Waals surface area contributed by atoms with Gasteiger partial charge in [0.25, 0.3) is 0 Å². The van der Waals surface area contributed by atoms with Gasteiger partial charge in [-0.15, -0.1) is 0 Å². The third-order valence-corrected chi connectivity index (χ3v) is 7.37.